The molecule has 1 aromatic carbocycles. The van der Waals surface area contributed by atoms with Crippen LogP contribution in [0.15, 0.2) is 18.2 Å². The Morgan fingerprint density at radius 1 is 1.00 bits per heavy atom. The molecule has 2 heteroatoms. The molecule has 0 aromatic heterocycles. The summed E-state index contributed by atoms with van der Waals surface area (Å²) in [5, 5.41) is 0. The summed E-state index contributed by atoms with van der Waals surface area (Å²) < 4.78 is 0. The molecule has 0 aliphatic rings. The molecule has 0 fully saturated rings. The van der Waals surface area contributed by atoms with Crippen LogP contribution in [0.5, 0.6) is 0 Å². The zero-order valence-electron chi connectivity index (χ0n) is 13.0. The number of aryl methyl sites for hydroxylation is 2. The predicted octanol–water partition coefficient (Wildman–Crippen LogP) is 4.53. The standard InChI is InChI=1S/C18H26O2/c1-4-6-8-15-10-11-16(9-7-5-2)17(13-15)18(20)12-14(3)19/h10-11,13H,4-9,12H2,1-3H3. The number of unbranched alkanes of at least 4 members (excludes halogenated alkanes) is 2. The normalized spacial score (nSPS) is 10.6. The van der Waals surface area contributed by atoms with Crippen LogP contribution in [0.4, 0.5) is 0 Å². The Labute approximate surface area is 122 Å². The highest BCUT2D eigenvalue weighted by atomic mass is 16.1. The van der Waals surface area contributed by atoms with Crippen LogP contribution in [0, 0.1) is 0 Å². The highest BCUT2D eigenvalue weighted by Gasteiger charge is 2.14. The van der Waals surface area contributed by atoms with Gasteiger partial charge in [-0.3, -0.25) is 9.59 Å². The van der Waals surface area contributed by atoms with Gasteiger partial charge in [-0.1, -0.05) is 38.8 Å². The van der Waals surface area contributed by atoms with Crippen molar-refractivity contribution in [2.24, 2.45) is 0 Å². The van der Waals surface area contributed by atoms with Crippen molar-refractivity contribution in [3.63, 3.8) is 0 Å². The van der Waals surface area contributed by atoms with Gasteiger partial charge in [0.2, 0.25) is 0 Å². The summed E-state index contributed by atoms with van der Waals surface area (Å²) in [4.78, 5) is 23.4. The van der Waals surface area contributed by atoms with Gasteiger partial charge in [0, 0.05) is 5.56 Å². The van der Waals surface area contributed by atoms with E-state index in [0.717, 1.165) is 49.7 Å². The van der Waals surface area contributed by atoms with Crippen LogP contribution >= 0.6 is 0 Å². The molecule has 20 heavy (non-hydrogen) atoms. The largest absolute Gasteiger partial charge is 0.300 e. The van der Waals surface area contributed by atoms with Gasteiger partial charge < -0.3 is 0 Å². The zero-order chi connectivity index (χ0) is 15.0. The van der Waals surface area contributed by atoms with Crippen LogP contribution in [0.3, 0.4) is 0 Å². The predicted molar refractivity (Wildman–Crippen MR) is 83.3 cm³/mol. The number of rotatable bonds is 9. The summed E-state index contributed by atoms with van der Waals surface area (Å²) in [6.45, 7) is 5.79. The van der Waals surface area contributed by atoms with Crippen molar-refractivity contribution < 1.29 is 9.59 Å². The van der Waals surface area contributed by atoms with Crippen molar-refractivity contribution in [2.75, 3.05) is 0 Å². The van der Waals surface area contributed by atoms with Gasteiger partial charge in [0.15, 0.2) is 5.78 Å². The first-order valence-corrected chi connectivity index (χ1v) is 7.72. The van der Waals surface area contributed by atoms with Crippen LogP contribution in [0.2, 0.25) is 0 Å². The van der Waals surface area contributed by atoms with E-state index < -0.39 is 0 Å². The topological polar surface area (TPSA) is 34.1 Å². The zero-order valence-corrected chi connectivity index (χ0v) is 13.0. The first kappa shape index (κ1) is 16.6. The Hall–Kier alpha value is -1.44. The van der Waals surface area contributed by atoms with E-state index in [2.05, 4.69) is 26.0 Å². The maximum atomic E-state index is 12.2. The monoisotopic (exact) mass is 274 g/mol. The molecule has 0 atom stereocenters. The number of benzene rings is 1. The number of carbonyl (C=O) groups excluding carboxylic acids is 2. The minimum Gasteiger partial charge on any atom is -0.300 e. The Morgan fingerprint density at radius 2 is 1.65 bits per heavy atom. The number of hydrogen-bond donors (Lipinski definition) is 0. The summed E-state index contributed by atoms with van der Waals surface area (Å²) in [7, 11) is 0. The Bertz CT molecular complexity index is 460. The average molecular weight is 274 g/mol. The Kier molecular flexibility index (Phi) is 7.21. The fourth-order valence-corrected chi connectivity index (χ4v) is 2.33. The second kappa shape index (κ2) is 8.68. The molecule has 0 radical (unpaired) electrons. The van der Waals surface area contributed by atoms with Gasteiger partial charge in [-0.2, -0.15) is 0 Å². The lowest BCUT2D eigenvalue weighted by atomic mass is 9.93. The minimum absolute atomic E-state index is 0.0242. The summed E-state index contributed by atoms with van der Waals surface area (Å²) in [5.74, 6) is -0.0858. The van der Waals surface area contributed by atoms with E-state index in [4.69, 9.17) is 0 Å². The summed E-state index contributed by atoms with van der Waals surface area (Å²) >= 11 is 0. The second-order valence-corrected chi connectivity index (χ2v) is 5.50. The van der Waals surface area contributed by atoms with Crippen molar-refractivity contribution in [1.29, 1.82) is 0 Å². The molecule has 0 spiro atoms. The first-order chi connectivity index (χ1) is 9.58. The fourth-order valence-electron chi connectivity index (χ4n) is 2.33. The van der Waals surface area contributed by atoms with Gasteiger partial charge in [0.05, 0.1) is 6.42 Å². The average Bonchev–Trinajstić information content (AvgIpc) is 2.42. The Morgan fingerprint density at radius 3 is 2.25 bits per heavy atom. The molecule has 1 aromatic rings. The summed E-state index contributed by atoms with van der Waals surface area (Å²) in [5.41, 5.74) is 3.07. The lowest BCUT2D eigenvalue weighted by Gasteiger charge is -2.10. The van der Waals surface area contributed by atoms with Crippen LogP contribution in [-0.4, -0.2) is 11.6 Å². The van der Waals surface area contributed by atoms with E-state index in [-0.39, 0.29) is 18.0 Å². The van der Waals surface area contributed by atoms with Crippen molar-refractivity contribution in [3.8, 4) is 0 Å². The molecule has 0 bridgehead atoms. The fraction of sp³-hybridized carbons (Fsp3) is 0.556. The summed E-state index contributed by atoms with van der Waals surface area (Å²) in [6.07, 6.45) is 6.42. The quantitative estimate of drug-likeness (QED) is 0.489. The lowest BCUT2D eigenvalue weighted by Crippen LogP contribution is -2.09. The molecule has 110 valence electrons. The van der Waals surface area contributed by atoms with Crippen LogP contribution < -0.4 is 0 Å². The van der Waals surface area contributed by atoms with E-state index >= 15 is 0 Å². The molecule has 0 saturated carbocycles. The molecule has 1 rings (SSSR count). The lowest BCUT2D eigenvalue weighted by molar-refractivity contribution is -0.116. The number of Topliss-reactive ketones (excluding diaryl/α,β-unsaturated/α-hetero) is 2. The third kappa shape index (κ3) is 5.28. The minimum atomic E-state index is -0.0598. The maximum absolute atomic E-state index is 12.2. The van der Waals surface area contributed by atoms with E-state index in [1.807, 2.05) is 6.07 Å². The molecule has 0 aliphatic heterocycles. The van der Waals surface area contributed by atoms with Crippen molar-refractivity contribution in [3.05, 3.63) is 34.9 Å². The molecule has 0 aliphatic carbocycles. The molecule has 0 heterocycles. The molecule has 0 unspecified atom stereocenters. The van der Waals surface area contributed by atoms with Gasteiger partial charge in [0.25, 0.3) is 0 Å². The van der Waals surface area contributed by atoms with Crippen molar-refractivity contribution in [1.82, 2.24) is 0 Å². The summed E-state index contributed by atoms with van der Waals surface area (Å²) in [6, 6.07) is 6.21. The molecular weight excluding hydrogens is 248 g/mol. The number of carbonyl (C=O) groups is 2. The number of hydrogen-bond acceptors (Lipinski definition) is 2. The van der Waals surface area contributed by atoms with E-state index in [1.54, 1.807) is 0 Å². The van der Waals surface area contributed by atoms with Gasteiger partial charge in [-0.15, -0.1) is 0 Å². The third-order valence-electron chi connectivity index (χ3n) is 3.50. The third-order valence-corrected chi connectivity index (χ3v) is 3.50. The molecular formula is C18H26O2. The highest BCUT2D eigenvalue weighted by Crippen LogP contribution is 2.18. The van der Waals surface area contributed by atoms with Crippen LogP contribution in [0.25, 0.3) is 0 Å². The SMILES string of the molecule is CCCCc1ccc(CCCC)c(C(=O)CC(C)=O)c1. The maximum Gasteiger partial charge on any atom is 0.170 e. The smallest absolute Gasteiger partial charge is 0.170 e. The molecule has 0 saturated heterocycles. The van der Waals surface area contributed by atoms with Gasteiger partial charge in [-0.05, 0) is 49.8 Å². The van der Waals surface area contributed by atoms with Crippen molar-refractivity contribution >= 4 is 11.6 Å². The van der Waals surface area contributed by atoms with Gasteiger partial charge in [-0.25, -0.2) is 0 Å². The Balaban J connectivity index is 2.98. The number of ketones is 2. The first-order valence-electron chi connectivity index (χ1n) is 7.72. The van der Waals surface area contributed by atoms with Gasteiger partial charge in [0.1, 0.15) is 5.78 Å². The van der Waals surface area contributed by atoms with E-state index in [9.17, 15) is 9.59 Å². The van der Waals surface area contributed by atoms with Crippen LogP contribution in [0.1, 0.15) is 74.4 Å². The second-order valence-electron chi connectivity index (χ2n) is 5.50. The van der Waals surface area contributed by atoms with Gasteiger partial charge >= 0.3 is 0 Å². The van der Waals surface area contributed by atoms with E-state index in [0.29, 0.717) is 0 Å². The molecule has 0 amide bonds. The highest BCUT2D eigenvalue weighted by molar-refractivity contribution is 6.08. The van der Waals surface area contributed by atoms with E-state index in [1.165, 1.54) is 12.5 Å². The molecule has 2 nitrogen and oxygen atoms in total. The van der Waals surface area contributed by atoms with Crippen molar-refractivity contribution in [2.45, 2.75) is 65.7 Å². The van der Waals surface area contributed by atoms with Crippen LogP contribution in [-0.2, 0) is 17.6 Å². The molecule has 0 N–H and O–H groups in total.